The van der Waals surface area contributed by atoms with Gasteiger partial charge in [0, 0.05) is 44.6 Å². The molecule has 0 saturated heterocycles. The Kier molecular flexibility index (Phi) is 7.00. The molecule has 0 aliphatic heterocycles. The topological polar surface area (TPSA) is 88.1 Å². The Balaban J connectivity index is 1.63. The average Bonchev–Trinajstić information content (AvgIpc) is 2.76. The fourth-order valence-electron chi connectivity index (χ4n) is 2.75. The van der Waals surface area contributed by atoms with Crippen molar-refractivity contribution in [1.29, 1.82) is 0 Å². The molecule has 1 aromatic carbocycles. The van der Waals surface area contributed by atoms with Crippen LogP contribution in [-0.2, 0) is 17.9 Å². The van der Waals surface area contributed by atoms with E-state index in [1.54, 1.807) is 23.5 Å². The number of hydrogen-bond acceptors (Lipinski definition) is 5. The van der Waals surface area contributed by atoms with E-state index in [1.807, 2.05) is 49.4 Å². The van der Waals surface area contributed by atoms with Gasteiger partial charge in [-0.1, -0.05) is 30.3 Å². The summed E-state index contributed by atoms with van der Waals surface area (Å²) in [6.45, 7) is 2.92. The third kappa shape index (κ3) is 6.21. The average molecular weight is 389 g/mol. The number of pyridine rings is 1. The minimum atomic E-state index is -0.247. The summed E-state index contributed by atoms with van der Waals surface area (Å²) in [6, 6.07) is 13.4. The molecule has 0 aliphatic rings. The lowest BCUT2D eigenvalue weighted by Gasteiger charge is -2.22. The van der Waals surface area contributed by atoms with Gasteiger partial charge < -0.3 is 10.2 Å². The largest absolute Gasteiger partial charge is 0.352 e. The van der Waals surface area contributed by atoms with Gasteiger partial charge in [-0.3, -0.25) is 19.6 Å². The van der Waals surface area contributed by atoms with Crippen LogP contribution in [-0.4, -0.2) is 38.2 Å². The first kappa shape index (κ1) is 20.1. The van der Waals surface area contributed by atoms with E-state index >= 15 is 0 Å². The van der Waals surface area contributed by atoms with Crippen LogP contribution in [0.5, 0.6) is 0 Å². The summed E-state index contributed by atoms with van der Waals surface area (Å²) >= 11 is 0. The van der Waals surface area contributed by atoms with Crippen molar-refractivity contribution in [2.75, 3.05) is 6.54 Å². The molecule has 2 amide bonds. The maximum Gasteiger partial charge on any atom is 0.274 e. The number of nitrogens with one attached hydrogen (secondary N) is 1. The van der Waals surface area contributed by atoms with Crippen LogP contribution in [0.25, 0.3) is 0 Å². The SMILES string of the molecule is Cc1cnc(C(=O)N(CCC(=O)NCc2ccncc2)Cc2ccccc2)cn1. The van der Waals surface area contributed by atoms with Crippen LogP contribution in [0.15, 0.2) is 67.3 Å². The number of carbonyl (C=O) groups is 2. The monoisotopic (exact) mass is 389 g/mol. The second-order valence-corrected chi connectivity index (χ2v) is 6.64. The summed E-state index contributed by atoms with van der Waals surface area (Å²) < 4.78 is 0. The summed E-state index contributed by atoms with van der Waals surface area (Å²) in [7, 11) is 0. The van der Waals surface area contributed by atoms with Crippen LogP contribution in [0.3, 0.4) is 0 Å². The van der Waals surface area contributed by atoms with E-state index in [-0.39, 0.29) is 30.5 Å². The quantitative estimate of drug-likeness (QED) is 0.640. The van der Waals surface area contributed by atoms with E-state index in [1.165, 1.54) is 6.20 Å². The normalized spacial score (nSPS) is 10.4. The van der Waals surface area contributed by atoms with E-state index < -0.39 is 0 Å². The predicted molar refractivity (Wildman–Crippen MR) is 109 cm³/mol. The number of aryl methyl sites for hydroxylation is 1. The van der Waals surface area contributed by atoms with E-state index in [0.29, 0.717) is 13.1 Å². The number of carbonyl (C=O) groups excluding carboxylic acids is 2. The fourth-order valence-corrected chi connectivity index (χ4v) is 2.75. The zero-order valence-corrected chi connectivity index (χ0v) is 16.3. The Morgan fingerprint density at radius 2 is 1.72 bits per heavy atom. The van der Waals surface area contributed by atoms with Crippen molar-refractivity contribution >= 4 is 11.8 Å². The highest BCUT2D eigenvalue weighted by Gasteiger charge is 2.19. The molecule has 0 spiro atoms. The minimum Gasteiger partial charge on any atom is -0.352 e. The molecule has 0 aliphatic carbocycles. The Bertz CT molecular complexity index is 930. The lowest BCUT2D eigenvalue weighted by atomic mass is 10.2. The van der Waals surface area contributed by atoms with E-state index in [2.05, 4.69) is 20.3 Å². The summed E-state index contributed by atoms with van der Waals surface area (Å²) in [6.07, 6.45) is 6.60. The Hall–Kier alpha value is -3.61. The maximum atomic E-state index is 12.9. The fraction of sp³-hybridized carbons (Fsp3) is 0.227. The smallest absolute Gasteiger partial charge is 0.274 e. The minimum absolute atomic E-state index is 0.123. The molecule has 0 unspecified atom stereocenters. The van der Waals surface area contributed by atoms with Crippen molar-refractivity contribution in [2.24, 2.45) is 0 Å². The number of hydrogen-bond donors (Lipinski definition) is 1. The van der Waals surface area contributed by atoms with Gasteiger partial charge in [-0.05, 0) is 30.2 Å². The zero-order valence-electron chi connectivity index (χ0n) is 16.3. The first-order chi connectivity index (χ1) is 14.1. The van der Waals surface area contributed by atoms with Gasteiger partial charge in [0.25, 0.3) is 5.91 Å². The molecule has 0 radical (unpaired) electrons. The van der Waals surface area contributed by atoms with E-state index in [4.69, 9.17) is 0 Å². The number of benzene rings is 1. The third-order valence-electron chi connectivity index (χ3n) is 4.35. The van der Waals surface area contributed by atoms with Crippen LogP contribution in [0, 0.1) is 6.92 Å². The first-order valence-electron chi connectivity index (χ1n) is 9.39. The third-order valence-corrected chi connectivity index (χ3v) is 4.35. The molecule has 2 aromatic heterocycles. The van der Waals surface area contributed by atoms with Gasteiger partial charge >= 0.3 is 0 Å². The molecular weight excluding hydrogens is 366 g/mol. The van der Waals surface area contributed by atoms with Gasteiger partial charge in [-0.25, -0.2) is 4.98 Å². The maximum absolute atomic E-state index is 12.9. The molecule has 0 bridgehead atoms. The molecule has 3 rings (SSSR count). The highest BCUT2D eigenvalue weighted by atomic mass is 16.2. The number of amides is 2. The molecule has 0 atom stereocenters. The second-order valence-electron chi connectivity index (χ2n) is 6.64. The Morgan fingerprint density at radius 3 is 2.41 bits per heavy atom. The molecular formula is C22H23N5O2. The molecule has 0 saturated carbocycles. The molecule has 0 fully saturated rings. The van der Waals surface area contributed by atoms with Crippen LogP contribution in [0.1, 0.15) is 33.7 Å². The second kappa shape index (κ2) is 10.1. The van der Waals surface area contributed by atoms with Gasteiger partial charge in [0.1, 0.15) is 5.69 Å². The van der Waals surface area contributed by atoms with Gasteiger partial charge in [0.2, 0.25) is 5.91 Å². The van der Waals surface area contributed by atoms with Crippen LogP contribution < -0.4 is 5.32 Å². The first-order valence-corrected chi connectivity index (χ1v) is 9.39. The molecule has 148 valence electrons. The van der Waals surface area contributed by atoms with Crippen molar-refractivity contribution in [3.8, 4) is 0 Å². The van der Waals surface area contributed by atoms with Gasteiger partial charge in [-0.2, -0.15) is 0 Å². The molecule has 7 nitrogen and oxygen atoms in total. The van der Waals surface area contributed by atoms with Gasteiger partial charge in [-0.15, -0.1) is 0 Å². The highest BCUT2D eigenvalue weighted by Crippen LogP contribution is 2.09. The lowest BCUT2D eigenvalue weighted by Crippen LogP contribution is -2.35. The van der Waals surface area contributed by atoms with Crippen LogP contribution in [0.2, 0.25) is 0 Å². The zero-order chi connectivity index (χ0) is 20.5. The van der Waals surface area contributed by atoms with Gasteiger partial charge in [0.15, 0.2) is 0 Å². The Morgan fingerprint density at radius 1 is 0.966 bits per heavy atom. The summed E-state index contributed by atoms with van der Waals surface area (Å²) in [5.41, 5.74) is 2.97. The molecule has 2 heterocycles. The number of nitrogens with zero attached hydrogens (tertiary/aromatic N) is 4. The summed E-state index contributed by atoms with van der Waals surface area (Å²) in [4.78, 5) is 39.1. The van der Waals surface area contributed by atoms with Crippen molar-refractivity contribution in [1.82, 2.24) is 25.2 Å². The predicted octanol–water partition coefficient (Wildman–Crippen LogP) is 2.53. The van der Waals surface area contributed by atoms with Crippen molar-refractivity contribution in [3.05, 3.63) is 89.8 Å². The van der Waals surface area contributed by atoms with Crippen LogP contribution >= 0.6 is 0 Å². The molecule has 1 N–H and O–H groups in total. The Labute approximate surface area is 169 Å². The lowest BCUT2D eigenvalue weighted by molar-refractivity contribution is -0.121. The molecule has 7 heteroatoms. The van der Waals surface area contributed by atoms with Crippen molar-refractivity contribution < 1.29 is 9.59 Å². The number of rotatable bonds is 8. The summed E-state index contributed by atoms with van der Waals surface area (Å²) in [5, 5.41) is 2.87. The van der Waals surface area contributed by atoms with Crippen molar-refractivity contribution in [3.63, 3.8) is 0 Å². The van der Waals surface area contributed by atoms with Gasteiger partial charge in [0.05, 0.1) is 11.9 Å². The summed E-state index contributed by atoms with van der Waals surface area (Å²) in [5.74, 6) is -0.369. The van der Waals surface area contributed by atoms with E-state index in [9.17, 15) is 9.59 Å². The molecule has 29 heavy (non-hydrogen) atoms. The number of aromatic nitrogens is 3. The highest BCUT2D eigenvalue weighted by molar-refractivity contribution is 5.92. The van der Waals surface area contributed by atoms with E-state index in [0.717, 1.165) is 16.8 Å². The van der Waals surface area contributed by atoms with Crippen molar-refractivity contribution in [2.45, 2.75) is 26.4 Å². The standard InChI is InChI=1S/C22H23N5O2/c1-17-13-25-20(15-24-17)22(29)27(16-19-5-3-2-4-6-19)12-9-21(28)26-14-18-7-10-23-11-8-18/h2-8,10-11,13,15H,9,12,14,16H2,1H3,(H,26,28). The van der Waals surface area contributed by atoms with Crippen LogP contribution in [0.4, 0.5) is 0 Å². The molecule has 3 aromatic rings.